The van der Waals surface area contributed by atoms with Gasteiger partial charge in [0.25, 0.3) is 0 Å². The molecule has 0 atom stereocenters. The zero-order valence-electron chi connectivity index (χ0n) is 24.9. The van der Waals surface area contributed by atoms with Gasteiger partial charge in [-0.2, -0.15) is 0 Å². The quantitative estimate of drug-likeness (QED) is 0.0810. The first kappa shape index (κ1) is 41.4. The standard InChI is InChI=1S/C13H9Cl2N3.C9H9N.C4HCl3N2.C4H8O.CH3.BrH.Mg/c1-7-2-3-11-8(4-7)9(5-16-11)12-10(14)6-17-13(15)18-12;1-7-2-3-9-8(6-7)4-5-10-9;5-2-1-8-4(7)9-3(2)6;1-2-4-5-3-1;;;/h2-6,16H,1H3;2-6,10H,1H3;1H;1-4H2;1H3;1H;/q;;;;-1;;+2/p-1. The monoisotopic (exact) mass is 780 g/mol. The zero-order valence-corrected chi connectivity index (χ0v) is 31.6. The van der Waals surface area contributed by atoms with Crippen LogP contribution in [0.3, 0.4) is 0 Å². The molecule has 1 fully saturated rings. The maximum atomic E-state index is 6.13. The minimum Gasteiger partial charge on any atom is -1.00 e. The van der Waals surface area contributed by atoms with Crippen molar-refractivity contribution in [3.63, 3.8) is 0 Å². The Labute approximate surface area is 314 Å². The van der Waals surface area contributed by atoms with E-state index in [9.17, 15) is 0 Å². The number of hydrogen-bond donors (Lipinski definition) is 2. The summed E-state index contributed by atoms with van der Waals surface area (Å²) >= 11 is 28.2. The van der Waals surface area contributed by atoms with Gasteiger partial charge in [-0.1, -0.05) is 58.1 Å². The SMILES string of the molecule is C1CCOC1.Cc1ccc2[nH]cc(-c3nc(Cl)ncc3Cl)c2c1.Cc1ccc2[nH]ccc2c1.Clc1ncc(Cl)c(Cl)n1.[Br-].[CH3-].[Mg+2]. The molecule has 2 aromatic carbocycles. The Morgan fingerprint density at radius 2 is 1.33 bits per heavy atom. The van der Waals surface area contributed by atoms with Crippen LogP contribution in [-0.4, -0.2) is 66.2 Å². The van der Waals surface area contributed by atoms with Gasteiger partial charge in [-0.3, -0.25) is 0 Å². The fourth-order valence-corrected chi connectivity index (χ4v) is 4.70. The number of H-pyrrole nitrogens is 2. The van der Waals surface area contributed by atoms with E-state index in [1.165, 1.54) is 47.3 Å². The summed E-state index contributed by atoms with van der Waals surface area (Å²) in [6.07, 6.45) is 9.26. The number of aromatic amines is 2. The largest absolute Gasteiger partial charge is 2.00 e. The van der Waals surface area contributed by atoms with Crippen molar-refractivity contribution in [2.75, 3.05) is 13.2 Å². The molecule has 7 nitrogen and oxygen atoms in total. The van der Waals surface area contributed by atoms with E-state index in [0.29, 0.717) is 15.7 Å². The Bertz CT molecular complexity index is 1770. The molecule has 0 amide bonds. The van der Waals surface area contributed by atoms with Crippen molar-refractivity contribution in [1.82, 2.24) is 29.9 Å². The molecule has 5 heterocycles. The molecule has 2 N–H and O–H groups in total. The molecule has 0 bridgehead atoms. The predicted molar refractivity (Wildman–Crippen MR) is 186 cm³/mol. The van der Waals surface area contributed by atoms with Crippen molar-refractivity contribution in [3.8, 4) is 11.3 Å². The van der Waals surface area contributed by atoms with Gasteiger partial charge in [0.05, 0.1) is 28.1 Å². The molecule has 0 aliphatic carbocycles. The summed E-state index contributed by atoms with van der Waals surface area (Å²) in [5, 5.41) is 3.63. The van der Waals surface area contributed by atoms with Crippen molar-refractivity contribution in [1.29, 1.82) is 0 Å². The maximum Gasteiger partial charge on any atom is 2.00 e. The first-order valence-corrected chi connectivity index (χ1v) is 14.8. The van der Waals surface area contributed by atoms with Crippen LogP contribution in [0.25, 0.3) is 33.1 Å². The summed E-state index contributed by atoms with van der Waals surface area (Å²) in [5.74, 6) is 0. The molecule has 14 heteroatoms. The number of rotatable bonds is 1. The molecule has 0 saturated carbocycles. The van der Waals surface area contributed by atoms with E-state index in [1.807, 2.05) is 25.4 Å². The van der Waals surface area contributed by atoms with Gasteiger partial charge in [0.1, 0.15) is 0 Å². The number of hydrogen-bond acceptors (Lipinski definition) is 5. The Hall–Kier alpha value is -1.66. The number of halogens is 6. The molecule has 45 heavy (non-hydrogen) atoms. The summed E-state index contributed by atoms with van der Waals surface area (Å²) in [4.78, 5) is 21.5. The molecular formula is C31H30BrCl5MgN6O. The first-order chi connectivity index (χ1) is 20.2. The second-order valence-corrected chi connectivity index (χ2v) is 11.1. The van der Waals surface area contributed by atoms with E-state index in [0.717, 1.165) is 29.7 Å². The maximum absolute atomic E-state index is 6.13. The van der Waals surface area contributed by atoms with Gasteiger partial charge >= 0.3 is 23.1 Å². The van der Waals surface area contributed by atoms with Crippen LogP contribution in [0.1, 0.15) is 24.0 Å². The molecule has 1 aliphatic heterocycles. The number of benzene rings is 2. The van der Waals surface area contributed by atoms with E-state index in [2.05, 4.69) is 73.2 Å². The van der Waals surface area contributed by atoms with E-state index in [-0.39, 0.29) is 63.2 Å². The van der Waals surface area contributed by atoms with E-state index in [1.54, 1.807) is 0 Å². The average Bonchev–Trinajstić information content (AvgIpc) is 3.76. The third-order valence-corrected chi connectivity index (χ3v) is 7.32. The number of nitrogens with zero attached hydrogens (tertiary/aromatic N) is 4. The van der Waals surface area contributed by atoms with Gasteiger partial charge in [-0.15, -0.1) is 0 Å². The normalized spacial score (nSPS) is 11.4. The van der Waals surface area contributed by atoms with Gasteiger partial charge in [0, 0.05) is 47.6 Å². The molecule has 0 unspecified atom stereocenters. The molecule has 6 aromatic rings. The number of fused-ring (bicyclic) bond motifs is 2. The van der Waals surface area contributed by atoms with Crippen molar-refractivity contribution in [2.45, 2.75) is 26.7 Å². The fraction of sp³-hybridized carbons (Fsp3) is 0.194. The fourth-order valence-electron chi connectivity index (χ4n) is 3.97. The van der Waals surface area contributed by atoms with Gasteiger partial charge < -0.3 is 39.1 Å². The minimum atomic E-state index is 0. The van der Waals surface area contributed by atoms with Crippen LogP contribution in [0.5, 0.6) is 0 Å². The molecule has 4 aromatic heterocycles. The molecule has 1 aliphatic rings. The van der Waals surface area contributed by atoms with Crippen LogP contribution in [0, 0.1) is 21.3 Å². The number of ether oxygens (including phenoxy) is 1. The zero-order chi connectivity index (χ0) is 30.1. The van der Waals surface area contributed by atoms with Crippen LogP contribution in [0.4, 0.5) is 0 Å². The average molecular weight is 784 g/mol. The minimum absolute atomic E-state index is 0. The number of nitrogens with one attached hydrogen (secondary N) is 2. The van der Waals surface area contributed by atoms with Crippen molar-refractivity contribution >= 4 is 103 Å². The molecule has 234 valence electrons. The second kappa shape index (κ2) is 20.5. The second-order valence-electron chi connectivity index (χ2n) is 9.25. The molecular weight excluding hydrogens is 754 g/mol. The molecule has 7 rings (SSSR count). The topological polar surface area (TPSA) is 92.4 Å². The smallest absolute Gasteiger partial charge is 1.00 e. The van der Waals surface area contributed by atoms with E-state index >= 15 is 0 Å². The summed E-state index contributed by atoms with van der Waals surface area (Å²) < 4.78 is 4.94. The van der Waals surface area contributed by atoms with Gasteiger partial charge in [-0.05, 0) is 85.6 Å². The molecule has 0 radical (unpaired) electrons. The summed E-state index contributed by atoms with van der Waals surface area (Å²) in [6, 6.07) is 14.6. The van der Waals surface area contributed by atoms with Crippen LogP contribution in [-0.2, 0) is 4.74 Å². The summed E-state index contributed by atoms with van der Waals surface area (Å²) in [7, 11) is 0. The van der Waals surface area contributed by atoms with Crippen molar-refractivity contribution in [3.05, 3.63) is 112 Å². The third-order valence-electron chi connectivity index (χ3n) is 6.02. The number of aryl methyl sites for hydroxylation is 2. The van der Waals surface area contributed by atoms with Gasteiger partial charge in [-0.25, -0.2) is 19.9 Å². The Balaban J connectivity index is 0.000000322. The number of aromatic nitrogens is 6. The van der Waals surface area contributed by atoms with Crippen LogP contribution in [0.15, 0.2) is 67.3 Å². The van der Waals surface area contributed by atoms with Gasteiger partial charge in [0.15, 0.2) is 5.15 Å². The van der Waals surface area contributed by atoms with E-state index in [4.69, 9.17) is 62.7 Å². The first-order valence-electron chi connectivity index (χ1n) is 12.9. The van der Waals surface area contributed by atoms with Gasteiger partial charge in [0.2, 0.25) is 10.6 Å². The van der Waals surface area contributed by atoms with Crippen molar-refractivity contribution < 1.29 is 21.7 Å². The summed E-state index contributed by atoms with van der Waals surface area (Å²) in [5.41, 5.74) is 6.33. The van der Waals surface area contributed by atoms with Crippen LogP contribution >= 0.6 is 58.0 Å². The predicted octanol–water partition coefficient (Wildman–Crippen LogP) is 7.02. The van der Waals surface area contributed by atoms with Crippen LogP contribution < -0.4 is 17.0 Å². The Morgan fingerprint density at radius 1 is 0.733 bits per heavy atom. The summed E-state index contributed by atoms with van der Waals surface area (Å²) in [6.45, 7) is 6.15. The Kier molecular flexibility index (Phi) is 18.9. The van der Waals surface area contributed by atoms with E-state index < -0.39 is 0 Å². The van der Waals surface area contributed by atoms with Crippen LogP contribution in [0.2, 0.25) is 25.8 Å². The van der Waals surface area contributed by atoms with Crippen molar-refractivity contribution in [2.24, 2.45) is 0 Å². The molecule has 1 saturated heterocycles. The third kappa shape index (κ3) is 12.5. The Morgan fingerprint density at radius 3 is 1.93 bits per heavy atom. The molecule has 0 spiro atoms.